The van der Waals surface area contributed by atoms with Crippen molar-refractivity contribution >= 4 is 29.1 Å². The molecule has 21 heavy (non-hydrogen) atoms. The Morgan fingerprint density at radius 1 is 1.14 bits per heavy atom. The molecule has 0 bridgehead atoms. The van der Waals surface area contributed by atoms with Crippen LogP contribution in [0, 0.1) is 0 Å². The Bertz CT molecular complexity index is 582. The normalized spacial score (nSPS) is 14.5. The molecule has 0 atom stereocenters. The summed E-state index contributed by atoms with van der Waals surface area (Å²) in [4.78, 5) is 0. The maximum absolute atomic E-state index is 5.87. The number of hydrogen-bond acceptors (Lipinski definition) is 4. The third-order valence-electron chi connectivity index (χ3n) is 3.58. The van der Waals surface area contributed by atoms with Crippen LogP contribution in [-0.2, 0) is 13.0 Å². The van der Waals surface area contributed by atoms with Gasteiger partial charge in [0.1, 0.15) is 5.82 Å². The van der Waals surface area contributed by atoms with E-state index in [0.29, 0.717) is 0 Å². The van der Waals surface area contributed by atoms with Crippen LogP contribution >= 0.6 is 23.4 Å². The number of thioether (sulfide) groups is 1. The van der Waals surface area contributed by atoms with Crippen molar-refractivity contribution in [2.75, 3.05) is 17.6 Å². The molecule has 112 valence electrons. The lowest BCUT2D eigenvalue weighted by Crippen LogP contribution is -2.06. The topological polar surface area (TPSA) is 42.7 Å². The van der Waals surface area contributed by atoms with Crippen LogP contribution in [0.25, 0.3) is 0 Å². The van der Waals surface area contributed by atoms with Crippen molar-refractivity contribution < 1.29 is 0 Å². The van der Waals surface area contributed by atoms with Gasteiger partial charge in [-0.25, -0.2) is 0 Å². The molecule has 0 fully saturated rings. The quantitative estimate of drug-likeness (QED) is 0.670. The van der Waals surface area contributed by atoms with Crippen LogP contribution in [0.3, 0.4) is 0 Å². The molecule has 0 saturated carbocycles. The monoisotopic (exact) mass is 322 g/mol. The van der Waals surface area contributed by atoms with Gasteiger partial charge >= 0.3 is 0 Å². The molecule has 1 aliphatic heterocycles. The van der Waals surface area contributed by atoms with E-state index in [-0.39, 0.29) is 0 Å². The first-order valence-corrected chi connectivity index (χ1v) is 8.73. The Balaban J connectivity index is 1.49. The van der Waals surface area contributed by atoms with Crippen molar-refractivity contribution in [3.05, 3.63) is 35.1 Å². The molecule has 6 heteroatoms. The first-order chi connectivity index (χ1) is 10.3. The van der Waals surface area contributed by atoms with Gasteiger partial charge in [0.25, 0.3) is 0 Å². The van der Waals surface area contributed by atoms with Crippen LogP contribution in [0.15, 0.2) is 29.4 Å². The standard InChI is InChI=1S/C15H19ClN4S/c16-12-5-7-13(8-6-12)17-9-11-21-15-19-18-14-4-2-1-3-10-20(14)15/h5-8,17H,1-4,9-11H2. The Labute approximate surface area is 134 Å². The van der Waals surface area contributed by atoms with Gasteiger partial charge in [-0.15, -0.1) is 10.2 Å². The molecule has 1 aromatic carbocycles. The summed E-state index contributed by atoms with van der Waals surface area (Å²) in [5.74, 6) is 2.13. The Morgan fingerprint density at radius 3 is 2.86 bits per heavy atom. The number of hydrogen-bond donors (Lipinski definition) is 1. The fourth-order valence-corrected chi connectivity index (χ4v) is 3.43. The average molecular weight is 323 g/mol. The molecule has 4 nitrogen and oxygen atoms in total. The highest BCUT2D eigenvalue weighted by molar-refractivity contribution is 7.99. The van der Waals surface area contributed by atoms with Crippen molar-refractivity contribution in [3.63, 3.8) is 0 Å². The molecule has 0 amide bonds. The number of nitrogens with zero attached hydrogens (tertiary/aromatic N) is 3. The van der Waals surface area contributed by atoms with Gasteiger partial charge in [0.05, 0.1) is 0 Å². The minimum atomic E-state index is 0.765. The van der Waals surface area contributed by atoms with Gasteiger partial charge in [0.2, 0.25) is 0 Å². The van der Waals surface area contributed by atoms with E-state index < -0.39 is 0 Å². The van der Waals surface area contributed by atoms with Gasteiger partial charge in [-0.1, -0.05) is 29.8 Å². The summed E-state index contributed by atoms with van der Waals surface area (Å²) in [5.41, 5.74) is 1.10. The lowest BCUT2D eigenvalue weighted by Gasteiger charge is -2.08. The van der Waals surface area contributed by atoms with E-state index in [2.05, 4.69) is 20.1 Å². The van der Waals surface area contributed by atoms with Crippen LogP contribution in [-0.4, -0.2) is 27.1 Å². The molecular weight excluding hydrogens is 304 g/mol. The first-order valence-electron chi connectivity index (χ1n) is 7.37. The van der Waals surface area contributed by atoms with Crippen LogP contribution in [0.4, 0.5) is 5.69 Å². The van der Waals surface area contributed by atoms with Crippen molar-refractivity contribution in [3.8, 4) is 0 Å². The molecule has 2 aromatic rings. The van der Waals surface area contributed by atoms with E-state index in [9.17, 15) is 0 Å². The number of aromatic nitrogens is 3. The Hall–Kier alpha value is -1.20. The third-order valence-corrected chi connectivity index (χ3v) is 4.80. The minimum Gasteiger partial charge on any atom is -0.384 e. The highest BCUT2D eigenvalue weighted by Gasteiger charge is 2.14. The predicted molar refractivity (Wildman–Crippen MR) is 88.2 cm³/mol. The molecule has 0 unspecified atom stereocenters. The summed E-state index contributed by atoms with van der Waals surface area (Å²) in [6.45, 7) is 1.96. The lowest BCUT2D eigenvalue weighted by atomic mass is 10.2. The Kier molecular flexibility index (Phi) is 5.04. The van der Waals surface area contributed by atoms with Gasteiger partial charge < -0.3 is 9.88 Å². The van der Waals surface area contributed by atoms with E-state index in [1.165, 1.54) is 19.3 Å². The molecule has 0 saturated heterocycles. The number of nitrogens with one attached hydrogen (secondary N) is 1. The second-order valence-electron chi connectivity index (χ2n) is 5.14. The fourth-order valence-electron chi connectivity index (χ4n) is 2.47. The highest BCUT2D eigenvalue weighted by atomic mass is 35.5. The number of fused-ring (bicyclic) bond motifs is 1. The van der Waals surface area contributed by atoms with Crippen LogP contribution in [0.1, 0.15) is 25.1 Å². The van der Waals surface area contributed by atoms with E-state index in [1.54, 1.807) is 11.8 Å². The largest absolute Gasteiger partial charge is 0.384 e. The number of aryl methyl sites for hydroxylation is 1. The van der Waals surface area contributed by atoms with Crippen molar-refractivity contribution in [1.82, 2.24) is 14.8 Å². The summed E-state index contributed by atoms with van der Waals surface area (Å²) in [6, 6.07) is 7.79. The molecule has 1 N–H and O–H groups in total. The summed E-state index contributed by atoms with van der Waals surface area (Å²) < 4.78 is 2.29. The SMILES string of the molecule is Clc1ccc(NCCSc2nnc3n2CCCCC3)cc1. The van der Waals surface area contributed by atoms with Crippen LogP contribution in [0.2, 0.25) is 5.02 Å². The first kappa shape index (κ1) is 14.7. The van der Waals surface area contributed by atoms with Crippen molar-refractivity contribution in [2.24, 2.45) is 0 Å². The van der Waals surface area contributed by atoms with E-state index in [0.717, 1.165) is 47.0 Å². The number of anilines is 1. The molecule has 0 aliphatic carbocycles. The van der Waals surface area contributed by atoms with E-state index in [1.807, 2.05) is 24.3 Å². The zero-order chi connectivity index (χ0) is 14.5. The molecule has 1 aliphatic rings. The van der Waals surface area contributed by atoms with E-state index in [4.69, 9.17) is 11.6 Å². The predicted octanol–water partition coefficient (Wildman–Crippen LogP) is 3.86. The molecule has 3 rings (SSSR count). The van der Waals surface area contributed by atoms with Gasteiger partial charge in [-0.2, -0.15) is 0 Å². The molecule has 2 heterocycles. The van der Waals surface area contributed by atoms with Crippen LogP contribution < -0.4 is 5.32 Å². The lowest BCUT2D eigenvalue weighted by molar-refractivity contribution is 0.591. The number of rotatable bonds is 5. The summed E-state index contributed by atoms with van der Waals surface area (Å²) in [7, 11) is 0. The smallest absolute Gasteiger partial charge is 0.191 e. The van der Waals surface area contributed by atoms with Crippen molar-refractivity contribution in [2.45, 2.75) is 37.4 Å². The minimum absolute atomic E-state index is 0.765. The number of benzene rings is 1. The van der Waals surface area contributed by atoms with Gasteiger partial charge in [0, 0.05) is 36.0 Å². The summed E-state index contributed by atoms with van der Waals surface area (Å²) >= 11 is 7.65. The molecular formula is C15H19ClN4S. The second kappa shape index (κ2) is 7.18. The molecule has 0 radical (unpaired) electrons. The zero-order valence-electron chi connectivity index (χ0n) is 11.9. The summed E-state index contributed by atoms with van der Waals surface area (Å²) in [5, 5.41) is 13.9. The number of halogens is 1. The third kappa shape index (κ3) is 3.92. The average Bonchev–Trinajstić information content (AvgIpc) is 2.73. The maximum atomic E-state index is 5.87. The Morgan fingerprint density at radius 2 is 2.00 bits per heavy atom. The van der Waals surface area contributed by atoms with Gasteiger partial charge in [0.15, 0.2) is 5.16 Å². The fraction of sp³-hybridized carbons (Fsp3) is 0.467. The maximum Gasteiger partial charge on any atom is 0.191 e. The molecule has 0 spiro atoms. The molecule has 1 aromatic heterocycles. The van der Waals surface area contributed by atoms with E-state index >= 15 is 0 Å². The highest BCUT2D eigenvalue weighted by Crippen LogP contribution is 2.21. The zero-order valence-corrected chi connectivity index (χ0v) is 13.5. The summed E-state index contributed by atoms with van der Waals surface area (Å²) in [6.07, 6.45) is 4.84. The van der Waals surface area contributed by atoms with Crippen LogP contribution in [0.5, 0.6) is 0 Å². The van der Waals surface area contributed by atoms with Gasteiger partial charge in [-0.3, -0.25) is 0 Å². The van der Waals surface area contributed by atoms with Crippen molar-refractivity contribution in [1.29, 1.82) is 0 Å². The second-order valence-corrected chi connectivity index (χ2v) is 6.64. The van der Waals surface area contributed by atoms with Gasteiger partial charge in [-0.05, 0) is 37.1 Å².